The van der Waals surface area contributed by atoms with Crippen LogP contribution in [0.2, 0.25) is 5.02 Å². The Balaban J connectivity index is 1.68. The van der Waals surface area contributed by atoms with Gasteiger partial charge in [-0.1, -0.05) is 36.6 Å². The first-order chi connectivity index (χ1) is 9.65. The van der Waals surface area contributed by atoms with E-state index in [0.717, 1.165) is 18.4 Å². The van der Waals surface area contributed by atoms with E-state index in [1.54, 1.807) is 18.2 Å². The molecule has 20 heavy (non-hydrogen) atoms. The zero-order chi connectivity index (χ0) is 14.4. The number of amides is 2. The van der Waals surface area contributed by atoms with E-state index in [1.807, 2.05) is 6.07 Å². The van der Waals surface area contributed by atoms with Crippen molar-refractivity contribution in [2.75, 3.05) is 6.54 Å². The van der Waals surface area contributed by atoms with Crippen molar-refractivity contribution in [3.05, 3.63) is 34.9 Å². The molecule has 1 saturated carbocycles. The quantitative estimate of drug-likeness (QED) is 0.782. The minimum Gasteiger partial charge on any atom is -0.388 e. The number of halogens is 1. The third-order valence-corrected chi connectivity index (χ3v) is 3.86. The van der Waals surface area contributed by atoms with Crippen LogP contribution in [0, 0.1) is 0 Å². The average Bonchev–Trinajstić information content (AvgIpc) is 2.91. The first-order valence-corrected chi connectivity index (χ1v) is 7.51. The van der Waals surface area contributed by atoms with E-state index in [1.165, 1.54) is 12.8 Å². The topological polar surface area (TPSA) is 61.4 Å². The van der Waals surface area contributed by atoms with Crippen molar-refractivity contribution in [1.29, 1.82) is 0 Å². The fourth-order valence-corrected chi connectivity index (χ4v) is 2.71. The Morgan fingerprint density at radius 1 is 1.40 bits per heavy atom. The third kappa shape index (κ3) is 4.69. The molecule has 110 valence electrons. The van der Waals surface area contributed by atoms with E-state index in [4.69, 9.17) is 11.6 Å². The summed E-state index contributed by atoms with van der Waals surface area (Å²) in [7, 11) is 0. The van der Waals surface area contributed by atoms with E-state index in [2.05, 4.69) is 10.6 Å². The van der Waals surface area contributed by atoms with E-state index in [-0.39, 0.29) is 6.03 Å². The minimum absolute atomic E-state index is 0.143. The van der Waals surface area contributed by atoms with Gasteiger partial charge in [0.1, 0.15) is 0 Å². The van der Waals surface area contributed by atoms with Gasteiger partial charge >= 0.3 is 6.03 Å². The lowest BCUT2D eigenvalue weighted by Crippen LogP contribution is -2.41. The number of rotatable bonds is 5. The van der Waals surface area contributed by atoms with Gasteiger partial charge in [0.15, 0.2) is 0 Å². The average molecular weight is 297 g/mol. The molecular formula is C15H21ClN2O2. The van der Waals surface area contributed by atoms with Gasteiger partial charge in [-0.2, -0.15) is 0 Å². The largest absolute Gasteiger partial charge is 0.388 e. The number of carbonyl (C=O) groups excluding carboxylic acids is 1. The van der Waals surface area contributed by atoms with Crippen molar-refractivity contribution in [2.24, 2.45) is 0 Å². The van der Waals surface area contributed by atoms with Crippen LogP contribution in [0.1, 0.15) is 43.8 Å². The Bertz CT molecular complexity index is 447. The van der Waals surface area contributed by atoms with Crippen molar-refractivity contribution in [3.8, 4) is 0 Å². The number of benzene rings is 1. The summed E-state index contributed by atoms with van der Waals surface area (Å²) in [6.45, 7) is 0.437. The molecule has 1 aliphatic rings. The van der Waals surface area contributed by atoms with Crippen LogP contribution >= 0.6 is 11.6 Å². The number of nitrogens with one attached hydrogen (secondary N) is 2. The summed E-state index contributed by atoms with van der Waals surface area (Å²) < 4.78 is 0. The van der Waals surface area contributed by atoms with E-state index in [0.29, 0.717) is 24.0 Å². The summed E-state index contributed by atoms with van der Waals surface area (Å²) in [6.07, 6.45) is 4.38. The van der Waals surface area contributed by atoms with E-state index < -0.39 is 6.10 Å². The van der Waals surface area contributed by atoms with Gasteiger partial charge in [0.05, 0.1) is 6.10 Å². The second-order valence-corrected chi connectivity index (χ2v) is 5.68. The highest BCUT2D eigenvalue weighted by Crippen LogP contribution is 2.20. The third-order valence-electron chi connectivity index (χ3n) is 3.63. The number of urea groups is 1. The SMILES string of the molecule is O=C(NCC[C@H](O)c1cccc(Cl)c1)NC1CCCC1. The van der Waals surface area contributed by atoms with Crippen LogP contribution in [0.15, 0.2) is 24.3 Å². The summed E-state index contributed by atoms with van der Waals surface area (Å²) >= 11 is 5.88. The van der Waals surface area contributed by atoms with Crippen molar-refractivity contribution in [3.63, 3.8) is 0 Å². The number of hydrogen-bond donors (Lipinski definition) is 3. The zero-order valence-electron chi connectivity index (χ0n) is 11.4. The maximum absolute atomic E-state index is 11.6. The highest BCUT2D eigenvalue weighted by atomic mass is 35.5. The van der Waals surface area contributed by atoms with Gasteiger partial charge in [-0.3, -0.25) is 0 Å². The van der Waals surface area contributed by atoms with Gasteiger partial charge in [0, 0.05) is 17.6 Å². The van der Waals surface area contributed by atoms with Crippen LogP contribution in [-0.2, 0) is 0 Å². The molecule has 1 atom stereocenters. The van der Waals surface area contributed by atoms with Gasteiger partial charge in [-0.15, -0.1) is 0 Å². The highest BCUT2D eigenvalue weighted by Gasteiger charge is 2.16. The molecule has 1 aliphatic carbocycles. The van der Waals surface area contributed by atoms with Crippen LogP contribution < -0.4 is 10.6 Å². The molecule has 2 rings (SSSR count). The van der Waals surface area contributed by atoms with Gasteiger partial charge in [-0.05, 0) is 37.0 Å². The summed E-state index contributed by atoms with van der Waals surface area (Å²) in [5.74, 6) is 0. The molecule has 1 fully saturated rings. The van der Waals surface area contributed by atoms with Crippen molar-refractivity contribution in [2.45, 2.75) is 44.2 Å². The Hall–Kier alpha value is -1.26. The number of hydrogen-bond acceptors (Lipinski definition) is 2. The molecular weight excluding hydrogens is 276 g/mol. The molecule has 1 aromatic rings. The molecule has 0 bridgehead atoms. The monoisotopic (exact) mass is 296 g/mol. The Labute approximate surface area is 124 Å². The molecule has 0 aliphatic heterocycles. The molecule has 1 aromatic carbocycles. The molecule has 3 N–H and O–H groups in total. The summed E-state index contributed by atoms with van der Waals surface area (Å²) in [5, 5.41) is 16.3. The van der Waals surface area contributed by atoms with Gasteiger partial charge < -0.3 is 15.7 Å². The van der Waals surface area contributed by atoms with Crippen LogP contribution in [0.4, 0.5) is 4.79 Å². The first kappa shape index (κ1) is 15.1. The molecule has 2 amide bonds. The molecule has 0 radical (unpaired) electrons. The summed E-state index contributed by atoms with van der Waals surface area (Å²) in [5.41, 5.74) is 0.774. The molecule has 5 heteroatoms. The van der Waals surface area contributed by atoms with Crippen LogP contribution in [0.3, 0.4) is 0 Å². The fourth-order valence-electron chi connectivity index (χ4n) is 2.51. The molecule has 0 aromatic heterocycles. The second-order valence-electron chi connectivity index (χ2n) is 5.24. The van der Waals surface area contributed by atoms with Gasteiger partial charge in [0.2, 0.25) is 0 Å². The number of carbonyl (C=O) groups is 1. The Morgan fingerprint density at radius 2 is 2.15 bits per heavy atom. The predicted molar refractivity (Wildman–Crippen MR) is 79.8 cm³/mol. The molecule has 0 unspecified atom stereocenters. The van der Waals surface area contributed by atoms with Gasteiger partial charge in [-0.25, -0.2) is 4.79 Å². The van der Waals surface area contributed by atoms with E-state index >= 15 is 0 Å². The van der Waals surface area contributed by atoms with E-state index in [9.17, 15) is 9.90 Å². The lowest BCUT2D eigenvalue weighted by molar-refractivity contribution is 0.166. The predicted octanol–water partition coefficient (Wildman–Crippen LogP) is 3.01. The Morgan fingerprint density at radius 3 is 2.85 bits per heavy atom. The lowest BCUT2D eigenvalue weighted by atomic mass is 10.1. The number of aliphatic hydroxyl groups is 1. The number of aliphatic hydroxyl groups excluding tert-OH is 1. The second kappa shape index (κ2) is 7.50. The summed E-state index contributed by atoms with van der Waals surface area (Å²) in [6, 6.07) is 7.31. The lowest BCUT2D eigenvalue weighted by Gasteiger charge is -2.15. The van der Waals surface area contributed by atoms with Crippen LogP contribution in [0.25, 0.3) is 0 Å². The van der Waals surface area contributed by atoms with Crippen LogP contribution in [0.5, 0.6) is 0 Å². The fraction of sp³-hybridized carbons (Fsp3) is 0.533. The van der Waals surface area contributed by atoms with Gasteiger partial charge in [0.25, 0.3) is 0 Å². The molecule has 0 heterocycles. The molecule has 0 spiro atoms. The van der Waals surface area contributed by atoms with Crippen molar-refractivity contribution in [1.82, 2.24) is 10.6 Å². The summed E-state index contributed by atoms with van der Waals surface area (Å²) in [4.78, 5) is 11.6. The molecule has 4 nitrogen and oxygen atoms in total. The molecule has 0 saturated heterocycles. The maximum Gasteiger partial charge on any atom is 0.315 e. The van der Waals surface area contributed by atoms with Crippen molar-refractivity contribution >= 4 is 17.6 Å². The van der Waals surface area contributed by atoms with Crippen LogP contribution in [-0.4, -0.2) is 23.7 Å². The minimum atomic E-state index is -0.611. The van der Waals surface area contributed by atoms with Crippen molar-refractivity contribution < 1.29 is 9.90 Å². The highest BCUT2D eigenvalue weighted by molar-refractivity contribution is 6.30. The normalized spacial score (nSPS) is 16.9. The maximum atomic E-state index is 11.6. The Kier molecular flexibility index (Phi) is 5.68. The smallest absolute Gasteiger partial charge is 0.315 e. The first-order valence-electron chi connectivity index (χ1n) is 7.13. The standard InChI is InChI=1S/C15H21ClN2O2/c16-12-5-3-4-11(10-12)14(19)8-9-17-15(20)18-13-6-1-2-7-13/h3-5,10,13-14,19H,1-2,6-9H2,(H2,17,18,20)/t14-/m0/s1. The zero-order valence-corrected chi connectivity index (χ0v) is 12.2.